The molecule has 5 heteroatoms. The Labute approximate surface area is 105 Å². The zero-order valence-corrected chi connectivity index (χ0v) is 10.1. The number of aliphatic hydroxyl groups is 2. The standard InChI is InChI=1S/C12H16ClNO3/c13-7-11(16)8-1-3-9(4-2-8)12(17)10(15)5-6-14/h1-4,10,12,15,17H,5-7,14H2. The number of hydrogen-bond donors (Lipinski definition) is 3. The molecular weight excluding hydrogens is 242 g/mol. The van der Waals surface area contributed by atoms with Gasteiger partial charge in [-0.3, -0.25) is 4.79 Å². The number of ketones is 1. The third kappa shape index (κ3) is 3.78. The van der Waals surface area contributed by atoms with Crippen molar-refractivity contribution >= 4 is 17.4 Å². The number of aliphatic hydroxyl groups excluding tert-OH is 2. The van der Waals surface area contributed by atoms with Crippen LogP contribution < -0.4 is 5.73 Å². The zero-order chi connectivity index (χ0) is 12.8. The molecule has 0 aliphatic carbocycles. The highest BCUT2D eigenvalue weighted by atomic mass is 35.5. The van der Waals surface area contributed by atoms with Crippen molar-refractivity contribution in [2.24, 2.45) is 5.73 Å². The van der Waals surface area contributed by atoms with Crippen molar-refractivity contribution < 1.29 is 15.0 Å². The SMILES string of the molecule is NCCC(O)C(O)c1ccc(C(=O)CCl)cc1. The van der Waals surface area contributed by atoms with Crippen LogP contribution >= 0.6 is 11.6 Å². The molecule has 0 heterocycles. The third-order valence-corrected chi connectivity index (χ3v) is 2.77. The summed E-state index contributed by atoms with van der Waals surface area (Å²) >= 11 is 5.43. The van der Waals surface area contributed by atoms with E-state index in [-0.39, 0.29) is 11.7 Å². The van der Waals surface area contributed by atoms with Gasteiger partial charge in [-0.25, -0.2) is 0 Å². The third-order valence-electron chi connectivity index (χ3n) is 2.52. The van der Waals surface area contributed by atoms with Gasteiger partial charge in [-0.15, -0.1) is 11.6 Å². The van der Waals surface area contributed by atoms with Crippen LogP contribution in [0.4, 0.5) is 0 Å². The van der Waals surface area contributed by atoms with Crippen LogP contribution in [0.25, 0.3) is 0 Å². The minimum absolute atomic E-state index is 0.0717. The number of halogens is 1. The summed E-state index contributed by atoms with van der Waals surface area (Å²) in [6.45, 7) is 0.307. The number of benzene rings is 1. The molecule has 0 aliphatic heterocycles. The van der Waals surface area contributed by atoms with Crippen molar-refractivity contribution in [2.45, 2.75) is 18.6 Å². The van der Waals surface area contributed by atoms with Gasteiger partial charge in [-0.05, 0) is 18.5 Å². The lowest BCUT2D eigenvalue weighted by Gasteiger charge is -2.17. The molecule has 0 saturated heterocycles. The summed E-state index contributed by atoms with van der Waals surface area (Å²) in [6.07, 6.45) is -1.56. The first kappa shape index (κ1) is 14.1. The van der Waals surface area contributed by atoms with Crippen molar-refractivity contribution in [2.75, 3.05) is 12.4 Å². The highest BCUT2D eigenvalue weighted by molar-refractivity contribution is 6.30. The highest BCUT2D eigenvalue weighted by Gasteiger charge is 2.17. The monoisotopic (exact) mass is 257 g/mol. The minimum atomic E-state index is -0.987. The largest absolute Gasteiger partial charge is 0.390 e. The summed E-state index contributed by atoms with van der Waals surface area (Å²) in [5, 5.41) is 19.4. The van der Waals surface area contributed by atoms with Crippen molar-refractivity contribution in [3.8, 4) is 0 Å². The van der Waals surface area contributed by atoms with Gasteiger partial charge in [-0.2, -0.15) is 0 Å². The van der Waals surface area contributed by atoms with E-state index in [1.54, 1.807) is 24.3 Å². The van der Waals surface area contributed by atoms with E-state index < -0.39 is 12.2 Å². The molecule has 0 bridgehead atoms. The van der Waals surface area contributed by atoms with Crippen molar-refractivity contribution in [3.63, 3.8) is 0 Å². The predicted molar refractivity (Wildman–Crippen MR) is 66.1 cm³/mol. The van der Waals surface area contributed by atoms with Crippen LogP contribution in [0.15, 0.2) is 24.3 Å². The predicted octanol–water partition coefficient (Wildman–Crippen LogP) is 0.851. The fraction of sp³-hybridized carbons (Fsp3) is 0.417. The number of hydrogen-bond acceptors (Lipinski definition) is 4. The maximum absolute atomic E-state index is 11.3. The minimum Gasteiger partial charge on any atom is -0.390 e. The topological polar surface area (TPSA) is 83.6 Å². The van der Waals surface area contributed by atoms with Gasteiger partial charge in [0.05, 0.1) is 12.0 Å². The van der Waals surface area contributed by atoms with E-state index in [4.69, 9.17) is 17.3 Å². The molecule has 2 atom stereocenters. The van der Waals surface area contributed by atoms with Gasteiger partial charge in [0.15, 0.2) is 5.78 Å². The molecule has 1 aromatic carbocycles. The highest BCUT2D eigenvalue weighted by Crippen LogP contribution is 2.19. The van der Waals surface area contributed by atoms with Crippen LogP contribution in [0.1, 0.15) is 28.4 Å². The smallest absolute Gasteiger partial charge is 0.177 e. The van der Waals surface area contributed by atoms with Gasteiger partial charge in [0.25, 0.3) is 0 Å². The number of rotatable bonds is 6. The van der Waals surface area contributed by atoms with E-state index in [2.05, 4.69) is 0 Å². The Kier molecular flexibility index (Phi) is 5.58. The molecule has 0 aliphatic rings. The molecular formula is C12H16ClNO3. The van der Waals surface area contributed by atoms with E-state index >= 15 is 0 Å². The lowest BCUT2D eigenvalue weighted by atomic mass is 10.00. The summed E-state index contributed by atoms with van der Waals surface area (Å²) in [5.74, 6) is -0.243. The summed E-state index contributed by atoms with van der Waals surface area (Å²) in [4.78, 5) is 11.3. The summed E-state index contributed by atoms with van der Waals surface area (Å²) < 4.78 is 0. The quantitative estimate of drug-likeness (QED) is 0.521. The second kappa shape index (κ2) is 6.71. The lowest BCUT2D eigenvalue weighted by molar-refractivity contribution is 0.0150. The average molecular weight is 258 g/mol. The summed E-state index contributed by atoms with van der Waals surface area (Å²) in [6, 6.07) is 6.37. The normalized spacial score (nSPS) is 14.4. The number of carbonyl (C=O) groups excluding carboxylic acids is 1. The van der Waals surface area contributed by atoms with Gasteiger partial charge >= 0.3 is 0 Å². The summed E-state index contributed by atoms with van der Waals surface area (Å²) in [7, 11) is 0. The summed E-state index contributed by atoms with van der Waals surface area (Å²) in [5.41, 5.74) is 6.34. The molecule has 0 amide bonds. The Hall–Kier alpha value is -0.940. The Morgan fingerprint density at radius 1 is 1.29 bits per heavy atom. The van der Waals surface area contributed by atoms with Crippen LogP contribution in [-0.4, -0.2) is 34.5 Å². The van der Waals surface area contributed by atoms with E-state index in [0.29, 0.717) is 24.1 Å². The van der Waals surface area contributed by atoms with E-state index in [1.807, 2.05) is 0 Å². The van der Waals surface area contributed by atoms with Gasteiger partial charge < -0.3 is 15.9 Å². The van der Waals surface area contributed by atoms with Gasteiger partial charge in [-0.1, -0.05) is 24.3 Å². The number of nitrogens with two attached hydrogens (primary N) is 1. The molecule has 17 heavy (non-hydrogen) atoms. The van der Waals surface area contributed by atoms with Crippen molar-refractivity contribution in [1.82, 2.24) is 0 Å². The molecule has 1 rings (SSSR count). The van der Waals surface area contributed by atoms with E-state index in [9.17, 15) is 15.0 Å². The maximum Gasteiger partial charge on any atom is 0.177 e. The molecule has 0 fully saturated rings. The Morgan fingerprint density at radius 2 is 1.88 bits per heavy atom. The Morgan fingerprint density at radius 3 is 2.35 bits per heavy atom. The van der Waals surface area contributed by atoms with Crippen LogP contribution in [-0.2, 0) is 0 Å². The van der Waals surface area contributed by atoms with Gasteiger partial charge in [0.1, 0.15) is 6.10 Å². The second-order valence-corrected chi connectivity index (χ2v) is 4.04. The van der Waals surface area contributed by atoms with Crippen LogP contribution in [0.5, 0.6) is 0 Å². The Balaban J connectivity index is 2.76. The molecule has 0 spiro atoms. The van der Waals surface area contributed by atoms with E-state index in [0.717, 1.165) is 0 Å². The number of carbonyl (C=O) groups is 1. The molecule has 94 valence electrons. The van der Waals surface area contributed by atoms with Crippen LogP contribution in [0, 0.1) is 0 Å². The van der Waals surface area contributed by atoms with Crippen molar-refractivity contribution in [3.05, 3.63) is 35.4 Å². The average Bonchev–Trinajstić information content (AvgIpc) is 2.37. The van der Waals surface area contributed by atoms with Gasteiger partial charge in [0, 0.05) is 5.56 Å². The Bertz CT molecular complexity index is 367. The first-order valence-corrected chi connectivity index (χ1v) is 5.89. The van der Waals surface area contributed by atoms with Crippen LogP contribution in [0.3, 0.4) is 0 Å². The van der Waals surface area contributed by atoms with Crippen molar-refractivity contribution in [1.29, 1.82) is 0 Å². The van der Waals surface area contributed by atoms with E-state index in [1.165, 1.54) is 0 Å². The number of alkyl halides is 1. The zero-order valence-electron chi connectivity index (χ0n) is 9.34. The fourth-order valence-corrected chi connectivity index (χ4v) is 1.65. The molecule has 0 radical (unpaired) electrons. The molecule has 4 N–H and O–H groups in total. The first-order chi connectivity index (χ1) is 8.10. The molecule has 1 aromatic rings. The number of Topliss-reactive ketones (excluding diaryl/α,β-unsaturated/α-hetero) is 1. The fourth-order valence-electron chi connectivity index (χ4n) is 1.49. The molecule has 0 aromatic heterocycles. The lowest BCUT2D eigenvalue weighted by Crippen LogP contribution is -2.21. The maximum atomic E-state index is 11.3. The van der Waals surface area contributed by atoms with Gasteiger partial charge in [0.2, 0.25) is 0 Å². The first-order valence-electron chi connectivity index (χ1n) is 5.35. The molecule has 2 unspecified atom stereocenters. The molecule has 0 saturated carbocycles. The van der Waals surface area contributed by atoms with Crippen LogP contribution in [0.2, 0.25) is 0 Å². The second-order valence-electron chi connectivity index (χ2n) is 3.77. The molecule has 4 nitrogen and oxygen atoms in total.